The number of nitrogens with zero attached hydrogens (tertiary/aromatic N) is 3. The highest BCUT2D eigenvalue weighted by atomic mass is 16.5. The summed E-state index contributed by atoms with van der Waals surface area (Å²) in [5.41, 5.74) is 3.85. The van der Waals surface area contributed by atoms with Crippen LogP contribution in [-0.2, 0) is 11.2 Å². The van der Waals surface area contributed by atoms with Crippen molar-refractivity contribution in [1.82, 2.24) is 14.5 Å². The van der Waals surface area contributed by atoms with Crippen LogP contribution in [0, 0.1) is 0 Å². The summed E-state index contributed by atoms with van der Waals surface area (Å²) in [5, 5.41) is 0. The van der Waals surface area contributed by atoms with Gasteiger partial charge in [-0.05, 0) is 37.5 Å². The molecule has 2 aromatic heterocycles. The molecule has 140 valence electrons. The van der Waals surface area contributed by atoms with E-state index in [-0.39, 0.29) is 11.9 Å². The highest BCUT2D eigenvalue weighted by Crippen LogP contribution is 2.26. The summed E-state index contributed by atoms with van der Waals surface area (Å²) < 4.78 is 7.58. The highest BCUT2D eigenvalue weighted by molar-refractivity contribution is 6.05. The minimum atomic E-state index is 0.0519. The van der Waals surface area contributed by atoms with Crippen LogP contribution in [0.1, 0.15) is 35.3 Å². The van der Waals surface area contributed by atoms with E-state index in [1.54, 1.807) is 6.20 Å². The smallest absolute Gasteiger partial charge is 0.257 e. The molecular weight excluding hydrogens is 338 g/mol. The first-order valence-corrected chi connectivity index (χ1v) is 9.60. The SMILES string of the molecule is C[C@H](CCc1ccccc1)n1cc(C(=O)N2CCOCC2)c2ncccc21. The van der Waals surface area contributed by atoms with E-state index in [1.165, 1.54) is 5.56 Å². The molecule has 3 aromatic rings. The molecule has 1 fully saturated rings. The van der Waals surface area contributed by atoms with Gasteiger partial charge in [-0.3, -0.25) is 9.78 Å². The van der Waals surface area contributed by atoms with Gasteiger partial charge < -0.3 is 14.2 Å². The van der Waals surface area contributed by atoms with Crippen molar-refractivity contribution in [1.29, 1.82) is 0 Å². The van der Waals surface area contributed by atoms with Crippen molar-refractivity contribution in [2.24, 2.45) is 0 Å². The minimum absolute atomic E-state index is 0.0519. The molecule has 1 aliphatic rings. The first-order valence-electron chi connectivity index (χ1n) is 9.60. The predicted octanol–water partition coefficient (Wildman–Crippen LogP) is 3.70. The van der Waals surface area contributed by atoms with Crippen LogP contribution < -0.4 is 0 Å². The zero-order chi connectivity index (χ0) is 18.6. The molecule has 1 saturated heterocycles. The number of ether oxygens (including phenoxy) is 1. The Morgan fingerprint density at radius 1 is 1.15 bits per heavy atom. The normalized spacial score (nSPS) is 15.8. The molecule has 0 N–H and O–H groups in total. The van der Waals surface area contributed by atoms with E-state index in [0.29, 0.717) is 31.9 Å². The molecule has 1 amide bonds. The average Bonchev–Trinajstić information content (AvgIpc) is 3.13. The predicted molar refractivity (Wildman–Crippen MR) is 106 cm³/mol. The fraction of sp³-hybridized carbons (Fsp3) is 0.364. The fourth-order valence-electron chi connectivity index (χ4n) is 3.70. The van der Waals surface area contributed by atoms with Crippen LogP contribution >= 0.6 is 0 Å². The molecule has 5 nitrogen and oxygen atoms in total. The number of rotatable bonds is 5. The molecule has 0 unspecified atom stereocenters. The zero-order valence-electron chi connectivity index (χ0n) is 15.7. The number of carbonyl (C=O) groups excluding carboxylic acids is 1. The number of fused-ring (bicyclic) bond motifs is 1. The Balaban J connectivity index is 1.60. The Bertz CT molecular complexity index is 914. The third-order valence-corrected chi connectivity index (χ3v) is 5.29. The second-order valence-corrected chi connectivity index (χ2v) is 7.10. The Morgan fingerprint density at radius 3 is 2.70 bits per heavy atom. The first kappa shape index (κ1) is 17.7. The van der Waals surface area contributed by atoms with Gasteiger partial charge in [-0.2, -0.15) is 0 Å². The minimum Gasteiger partial charge on any atom is -0.378 e. The number of pyridine rings is 1. The van der Waals surface area contributed by atoms with Gasteiger partial charge in [-0.15, -0.1) is 0 Å². The van der Waals surface area contributed by atoms with Crippen LogP contribution in [0.4, 0.5) is 0 Å². The van der Waals surface area contributed by atoms with Gasteiger partial charge in [0.05, 0.1) is 24.3 Å². The molecule has 1 aliphatic heterocycles. The van der Waals surface area contributed by atoms with E-state index in [0.717, 1.165) is 23.9 Å². The third-order valence-electron chi connectivity index (χ3n) is 5.29. The first-order chi connectivity index (χ1) is 13.2. The van der Waals surface area contributed by atoms with E-state index in [4.69, 9.17) is 4.74 Å². The summed E-state index contributed by atoms with van der Waals surface area (Å²) in [5.74, 6) is 0.0519. The maximum Gasteiger partial charge on any atom is 0.257 e. The number of morpholine rings is 1. The molecule has 27 heavy (non-hydrogen) atoms. The van der Waals surface area contributed by atoms with Crippen molar-refractivity contribution in [3.8, 4) is 0 Å². The van der Waals surface area contributed by atoms with Gasteiger partial charge in [-0.25, -0.2) is 0 Å². The van der Waals surface area contributed by atoms with Crippen molar-refractivity contribution in [2.45, 2.75) is 25.8 Å². The van der Waals surface area contributed by atoms with Crippen LogP contribution in [0.3, 0.4) is 0 Å². The van der Waals surface area contributed by atoms with Gasteiger partial charge in [0.1, 0.15) is 5.52 Å². The van der Waals surface area contributed by atoms with Crippen molar-refractivity contribution >= 4 is 16.9 Å². The van der Waals surface area contributed by atoms with Crippen molar-refractivity contribution in [3.05, 3.63) is 66.0 Å². The summed E-state index contributed by atoms with van der Waals surface area (Å²) in [7, 11) is 0. The molecule has 0 spiro atoms. The van der Waals surface area contributed by atoms with Gasteiger partial charge in [-0.1, -0.05) is 30.3 Å². The van der Waals surface area contributed by atoms with Gasteiger partial charge in [0.15, 0.2) is 0 Å². The van der Waals surface area contributed by atoms with E-state index in [9.17, 15) is 4.79 Å². The van der Waals surface area contributed by atoms with E-state index < -0.39 is 0 Å². The van der Waals surface area contributed by atoms with E-state index in [1.807, 2.05) is 23.2 Å². The lowest BCUT2D eigenvalue weighted by Gasteiger charge is -2.26. The number of aryl methyl sites for hydroxylation is 1. The number of benzene rings is 1. The lowest BCUT2D eigenvalue weighted by Crippen LogP contribution is -2.40. The van der Waals surface area contributed by atoms with Gasteiger partial charge >= 0.3 is 0 Å². The fourth-order valence-corrected chi connectivity index (χ4v) is 3.70. The number of aromatic nitrogens is 2. The number of hydrogen-bond donors (Lipinski definition) is 0. The number of hydrogen-bond acceptors (Lipinski definition) is 3. The number of amides is 1. The van der Waals surface area contributed by atoms with Gasteiger partial charge in [0, 0.05) is 31.5 Å². The molecule has 0 radical (unpaired) electrons. The maximum atomic E-state index is 13.0. The molecule has 1 aromatic carbocycles. The molecule has 0 bridgehead atoms. The van der Waals surface area contributed by atoms with Gasteiger partial charge in [0.2, 0.25) is 0 Å². The van der Waals surface area contributed by atoms with Crippen LogP contribution in [0.2, 0.25) is 0 Å². The Kier molecular flexibility index (Phi) is 5.21. The van der Waals surface area contributed by atoms with Gasteiger partial charge in [0.25, 0.3) is 5.91 Å². The second-order valence-electron chi connectivity index (χ2n) is 7.10. The van der Waals surface area contributed by atoms with Crippen LogP contribution in [0.25, 0.3) is 11.0 Å². The molecule has 5 heteroatoms. The lowest BCUT2D eigenvalue weighted by atomic mass is 10.1. The topological polar surface area (TPSA) is 47.4 Å². The van der Waals surface area contributed by atoms with Crippen LogP contribution in [-0.4, -0.2) is 46.7 Å². The van der Waals surface area contributed by atoms with Crippen LogP contribution in [0.15, 0.2) is 54.9 Å². The standard InChI is InChI=1S/C22H25N3O2/c1-17(9-10-18-6-3-2-4-7-18)25-16-19(21-20(25)8-5-11-23-21)22(26)24-12-14-27-15-13-24/h2-8,11,16-17H,9-10,12-15H2,1H3/t17-/m1/s1. The second kappa shape index (κ2) is 7.92. The summed E-state index contributed by atoms with van der Waals surface area (Å²) >= 11 is 0. The van der Waals surface area contributed by atoms with Crippen LogP contribution in [0.5, 0.6) is 0 Å². The highest BCUT2D eigenvalue weighted by Gasteiger charge is 2.24. The Hall–Kier alpha value is -2.66. The third kappa shape index (κ3) is 3.74. The van der Waals surface area contributed by atoms with Crippen molar-refractivity contribution in [2.75, 3.05) is 26.3 Å². The monoisotopic (exact) mass is 363 g/mol. The maximum absolute atomic E-state index is 13.0. The zero-order valence-corrected chi connectivity index (χ0v) is 15.7. The average molecular weight is 363 g/mol. The summed E-state index contributed by atoms with van der Waals surface area (Å²) in [6.07, 6.45) is 5.77. The molecule has 4 rings (SSSR count). The Morgan fingerprint density at radius 2 is 1.93 bits per heavy atom. The largest absolute Gasteiger partial charge is 0.378 e. The summed E-state index contributed by atoms with van der Waals surface area (Å²) in [6, 6.07) is 14.8. The summed E-state index contributed by atoms with van der Waals surface area (Å²) in [6.45, 7) is 4.69. The molecular formula is C22H25N3O2. The quantitative estimate of drug-likeness (QED) is 0.694. The molecule has 3 heterocycles. The van der Waals surface area contributed by atoms with Crippen molar-refractivity contribution in [3.63, 3.8) is 0 Å². The van der Waals surface area contributed by atoms with Crippen molar-refractivity contribution < 1.29 is 9.53 Å². The molecule has 1 atom stereocenters. The summed E-state index contributed by atoms with van der Waals surface area (Å²) in [4.78, 5) is 19.4. The number of carbonyl (C=O) groups is 1. The van der Waals surface area contributed by atoms with E-state index in [2.05, 4.69) is 46.8 Å². The Labute approximate surface area is 159 Å². The molecule has 0 saturated carbocycles. The lowest BCUT2D eigenvalue weighted by molar-refractivity contribution is 0.0304. The molecule has 0 aliphatic carbocycles. The van der Waals surface area contributed by atoms with E-state index >= 15 is 0 Å².